The van der Waals surface area contributed by atoms with Crippen molar-refractivity contribution in [2.45, 2.75) is 24.6 Å². The van der Waals surface area contributed by atoms with E-state index in [4.69, 9.17) is 4.74 Å². The normalized spacial score (nSPS) is 25.6. The van der Waals surface area contributed by atoms with E-state index in [9.17, 15) is 13.2 Å². The van der Waals surface area contributed by atoms with Crippen LogP contribution in [0.25, 0.3) is 9.88 Å². The van der Waals surface area contributed by atoms with Crippen molar-refractivity contribution in [1.29, 1.82) is 0 Å². The standard InChI is InChI=1S/C16H18N2O4S3/c1-10-14(24-15(17-10)12-3-2-7-23-12)16(19)18-5-8-25(20,21)13-9-22-6-4-11(13)18/h2-3,7,11,13H,4-6,8-9H2,1H3/t11-,13-/m0/s1. The van der Waals surface area contributed by atoms with E-state index in [1.165, 1.54) is 11.3 Å². The lowest BCUT2D eigenvalue weighted by molar-refractivity contribution is 0.0296. The molecule has 2 saturated heterocycles. The maximum absolute atomic E-state index is 13.1. The van der Waals surface area contributed by atoms with Gasteiger partial charge in [0, 0.05) is 13.2 Å². The van der Waals surface area contributed by atoms with Crippen LogP contribution in [0.1, 0.15) is 21.8 Å². The fourth-order valence-electron chi connectivity index (χ4n) is 3.43. The number of thiazole rings is 1. The number of carbonyl (C=O) groups excluding carboxylic acids is 1. The number of hydrogen-bond acceptors (Lipinski definition) is 7. The second kappa shape index (κ2) is 6.46. The highest BCUT2D eigenvalue weighted by atomic mass is 32.2. The molecule has 0 bridgehead atoms. The van der Waals surface area contributed by atoms with E-state index in [2.05, 4.69) is 4.98 Å². The Morgan fingerprint density at radius 1 is 1.44 bits per heavy atom. The highest BCUT2D eigenvalue weighted by Crippen LogP contribution is 2.34. The number of carbonyl (C=O) groups is 1. The molecule has 2 atom stereocenters. The molecule has 9 heteroatoms. The predicted octanol–water partition coefficient (Wildman–Crippen LogP) is 2.21. The van der Waals surface area contributed by atoms with Gasteiger partial charge in [-0.15, -0.1) is 22.7 Å². The van der Waals surface area contributed by atoms with Crippen LogP contribution in [0, 0.1) is 6.92 Å². The van der Waals surface area contributed by atoms with Gasteiger partial charge in [0.15, 0.2) is 9.84 Å². The summed E-state index contributed by atoms with van der Waals surface area (Å²) in [6.45, 7) is 2.75. The molecule has 2 aliphatic heterocycles. The molecule has 4 heterocycles. The van der Waals surface area contributed by atoms with Gasteiger partial charge in [0.1, 0.15) is 15.1 Å². The zero-order valence-electron chi connectivity index (χ0n) is 13.7. The molecule has 6 nitrogen and oxygen atoms in total. The van der Waals surface area contributed by atoms with Crippen molar-refractivity contribution in [3.05, 3.63) is 28.1 Å². The molecule has 2 aromatic heterocycles. The molecule has 4 rings (SSSR count). The zero-order chi connectivity index (χ0) is 17.6. The summed E-state index contributed by atoms with van der Waals surface area (Å²) in [5.41, 5.74) is 0.704. The second-order valence-corrected chi connectivity index (χ2v) is 10.5. The van der Waals surface area contributed by atoms with E-state index in [0.717, 1.165) is 9.88 Å². The Hall–Kier alpha value is -1.29. The van der Waals surface area contributed by atoms with E-state index in [-0.39, 0.29) is 30.9 Å². The third-order valence-corrected chi connectivity index (χ3v) is 9.04. The smallest absolute Gasteiger partial charge is 0.266 e. The molecule has 1 amide bonds. The van der Waals surface area contributed by atoms with Gasteiger partial charge >= 0.3 is 0 Å². The Kier molecular flexibility index (Phi) is 4.43. The Morgan fingerprint density at radius 2 is 2.28 bits per heavy atom. The maximum atomic E-state index is 13.1. The van der Waals surface area contributed by atoms with Crippen LogP contribution in [0.5, 0.6) is 0 Å². The van der Waals surface area contributed by atoms with Crippen LogP contribution in [0.4, 0.5) is 0 Å². The zero-order valence-corrected chi connectivity index (χ0v) is 16.1. The van der Waals surface area contributed by atoms with Crippen molar-refractivity contribution < 1.29 is 17.9 Å². The average molecular weight is 399 g/mol. The highest BCUT2D eigenvalue weighted by Gasteiger charge is 2.45. The third kappa shape index (κ3) is 3.03. The molecule has 0 aromatic carbocycles. The first-order valence-electron chi connectivity index (χ1n) is 8.09. The van der Waals surface area contributed by atoms with Crippen LogP contribution in [0.2, 0.25) is 0 Å². The number of ether oxygens (including phenoxy) is 1. The number of aryl methyl sites for hydroxylation is 1. The third-order valence-electron chi connectivity index (χ3n) is 4.73. The minimum atomic E-state index is -3.20. The van der Waals surface area contributed by atoms with E-state index >= 15 is 0 Å². The Labute approximate surface area is 154 Å². The number of aromatic nitrogens is 1. The summed E-state index contributed by atoms with van der Waals surface area (Å²) in [6.07, 6.45) is 0.561. The van der Waals surface area contributed by atoms with Crippen LogP contribution in [-0.4, -0.2) is 61.0 Å². The van der Waals surface area contributed by atoms with Crippen molar-refractivity contribution in [3.63, 3.8) is 0 Å². The lowest BCUT2D eigenvalue weighted by Crippen LogP contribution is -2.60. The van der Waals surface area contributed by atoms with Gasteiger partial charge < -0.3 is 9.64 Å². The predicted molar refractivity (Wildman–Crippen MR) is 98.0 cm³/mol. The molecule has 0 radical (unpaired) electrons. The van der Waals surface area contributed by atoms with Crippen LogP contribution in [0.3, 0.4) is 0 Å². The van der Waals surface area contributed by atoms with Gasteiger partial charge in [0.25, 0.3) is 5.91 Å². The molecule has 0 spiro atoms. The summed E-state index contributed by atoms with van der Waals surface area (Å²) in [4.78, 5) is 21.0. The molecule has 2 aromatic rings. The van der Waals surface area contributed by atoms with E-state index in [1.807, 2.05) is 24.4 Å². The molecule has 2 aliphatic rings. The molecule has 0 saturated carbocycles. The first kappa shape index (κ1) is 17.1. The number of thiophene rings is 1. The molecular formula is C16H18N2O4S3. The summed E-state index contributed by atoms with van der Waals surface area (Å²) < 4.78 is 30.0. The monoisotopic (exact) mass is 398 g/mol. The van der Waals surface area contributed by atoms with Gasteiger partial charge in [-0.1, -0.05) is 6.07 Å². The van der Waals surface area contributed by atoms with E-state index < -0.39 is 15.1 Å². The van der Waals surface area contributed by atoms with Crippen molar-refractivity contribution in [1.82, 2.24) is 9.88 Å². The topological polar surface area (TPSA) is 76.6 Å². The Morgan fingerprint density at radius 3 is 3.04 bits per heavy atom. The minimum Gasteiger partial charge on any atom is -0.380 e. The van der Waals surface area contributed by atoms with Crippen molar-refractivity contribution in [2.24, 2.45) is 0 Å². The highest BCUT2D eigenvalue weighted by molar-refractivity contribution is 7.92. The van der Waals surface area contributed by atoms with Crippen molar-refractivity contribution in [3.8, 4) is 9.88 Å². The number of nitrogens with zero attached hydrogens (tertiary/aromatic N) is 2. The lowest BCUT2D eigenvalue weighted by Gasteiger charge is -2.43. The molecule has 0 unspecified atom stereocenters. The van der Waals surface area contributed by atoms with Crippen molar-refractivity contribution in [2.75, 3.05) is 25.5 Å². The maximum Gasteiger partial charge on any atom is 0.266 e. The number of sulfone groups is 1. The minimum absolute atomic E-state index is 0.00109. The summed E-state index contributed by atoms with van der Waals surface area (Å²) >= 11 is 2.98. The van der Waals surface area contributed by atoms with Gasteiger partial charge in [0.2, 0.25) is 0 Å². The molecule has 0 aliphatic carbocycles. The molecule has 25 heavy (non-hydrogen) atoms. The number of fused-ring (bicyclic) bond motifs is 1. The molecule has 2 fully saturated rings. The van der Waals surface area contributed by atoms with Crippen LogP contribution >= 0.6 is 22.7 Å². The Balaban J connectivity index is 1.65. The average Bonchev–Trinajstić information content (AvgIpc) is 3.24. The van der Waals surface area contributed by atoms with E-state index in [0.29, 0.717) is 23.6 Å². The summed E-state index contributed by atoms with van der Waals surface area (Å²) in [7, 11) is -3.20. The number of amides is 1. The Bertz CT molecular complexity index is 889. The van der Waals surface area contributed by atoms with Crippen LogP contribution in [0.15, 0.2) is 17.5 Å². The molecule has 134 valence electrons. The van der Waals surface area contributed by atoms with Crippen LogP contribution < -0.4 is 0 Å². The fourth-order valence-corrected chi connectivity index (χ4v) is 7.06. The SMILES string of the molecule is Cc1nc(-c2cccs2)sc1C(=O)N1CCS(=O)(=O)[C@H]2COCC[C@@H]21. The lowest BCUT2D eigenvalue weighted by atomic mass is 10.1. The number of hydrogen-bond donors (Lipinski definition) is 0. The quantitative estimate of drug-likeness (QED) is 0.775. The van der Waals surface area contributed by atoms with Crippen LogP contribution in [-0.2, 0) is 14.6 Å². The van der Waals surface area contributed by atoms with Gasteiger partial charge in [-0.25, -0.2) is 13.4 Å². The van der Waals surface area contributed by atoms with Crippen molar-refractivity contribution >= 4 is 38.4 Å². The van der Waals surface area contributed by atoms with Gasteiger partial charge in [0.05, 0.1) is 29.0 Å². The molecular weight excluding hydrogens is 380 g/mol. The number of rotatable bonds is 2. The van der Waals surface area contributed by atoms with Gasteiger partial charge in [-0.3, -0.25) is 4.79 Å². The first-order chi connectivity index (χ1) is 12.0. The first-order valence-corrected chi connectivity index (χ1v) is 11.5. The van der Waals surface area contributed by atoms with Gasteiger partial charge in [-0.2, -0.15) is 0 Å². The largest absolute Gasteiger partial charge is 0.380 e. The molecule has 0 N–H and O–H groups in total. The summed E-state index contributed by atoms with van der Waals surface area (Å²) in [5, 5.41) is 2.21. The fraction of sp³-hybridized carbons (Fsp3) is 0.500. The summed E-state index contributed by atoms with van der Waals surface area (Å²) in [5.74, 6) is -0.108. The van der Waals surface area contributed by atoms with E-state index in [1.54, 1.807) is 16.2 Å². The summed E-state index contributed by atoms with van der Waals surface area (Å²) in [6, 6.07) is 3.64. The second-order valence-electron chi connectivity index (χ2n) is 6.25. The van der Waals surface area contributed by atoms with Gasteiger partial charge in [-0.05, 0) is 24.8 Å².